The van der Waals surface area contributed by atoms with Gasteiger partial charge in [0.05, 0.1) is 6.61 Å². The molecule has 2 aromatic rings. The van der Waals surface area contributed by atoms with Crippen LogP contribution in [0.4, 0.5) is 0 Å². The number of amides is 2. The molecule has 1 aromatic heterocycles. The average Bonchev–Trinajstić information content (AvgIpc) is 3.35. The van der Waals surface area contributed by atoms with Crippen molar-refractivity contribution in [1.29, 1.82) is 0 Å². The van der Waals surface area contributed by atoms with Gasteiger partial charge in [0, 0.05) is 45.1 Å². The van der Waals surface area contributed by atoms with E-state index >= 15 is 0 Å². The summed E-state index contributed by atoms with van der Waals surface area (Å²) >= 11 is 0. The van der Waals surface area contributed by atoms with Gasteiger partial charge in [0.25, 0.3) is 5.91 Å². The summed E-state index contributed by atoms with van der Waals surface area (Å²) < 4.78 is 10.5. The molecule has 0 spiro atoms. The molecule has 2 aliphatic heterocycles. The number of piperidine rings is 1. The van der Waals surface area contributed by atoms with Crippen molar-refractivity contribution in [2.75, 3.05) is 26.8 Å². The van der Waals surface area contributed by atoms with E-state index in [1.54, 1.807) is 12.0 Å². The summed E-state index contributed by atoms with van der Waals surface area (Å²) in [5, 5.41) is 4.01. The van der Waals surface area contributed by atoms with Crippen molar-refractivity contribution in [2.24, 2.45) is 0 Å². The van der Waals surface area contributed by atoms with Gasteiger partial charge in [-0.25, -0.2) is 0 Å². The number of carbonyl (C=O) groups is 2. The third-order valence-corrected chi connectivity index (χ3v) is 5.61. The van der Waals surface area contributed by atoms with Gasteiger partial charge >= 0.3 is 0 Å². The monoisotopic (exact) mass is 398 g/mol. The van der Waals surface area contributed by atoms with Crippen LogP contribution in [-0.2, 0) is 22.5 Å². The fourth-order valence-electron chi connectivity index (χ4n) is 4.05. The molecule has 0 N–H and O–H groups in total. The van der Waals surface area contributed by atoms with Crippen molar-refractivity contribution in [3.05, 3.63) is 47.1 Å². The minimum Gasteiger partial charge on any atom is -0.384 e. The first-order chi connectivity index (χ1) is 14.2. The number of hydrogen-bond donors (Lipinski definition) is 0. The number of methoxy groups -OCH3 is 1. The Hall–Kier alpha value is -2.74. The zero-order valence-electron chi connectivity index (χ0n) is 16.7. The van der Waals surface area contributed by atoms with Crippen LogP contribution in [0.15, 0.2) is 28.8 Å². The lowest BCUT2D eigenvalue weighted by molar-refractivity contribution is -0.136. The molecular weight excluding hydrogens is 372 g/mol. The topological polar surface area (TPSA) is 88.8 Å². The first kappa shape index (κ1) is 19.6. The molecule has 0 saturated carbocycles. The van der Waals surface area contributed by atoms with Crippen molar-refractivity contribution >= 4 is 11.8 Å². The molecule has 1 atom stereocenters. The fraction of sp³-hybridized carbons (Fsp3) is 0.524. The van der Waals surface area contributed by atoms with E-state index < -0.39 is 0 Å². The van der Waals surface area contributed by atoms with Gasteiger partial charge < -0.3 is 19.1 Å². The third-order valence-electron chi connectivity index (χ3n) is 5.61. The Balaban J connectivity index is 1.38. The molecule has 4 rings (SSSR count). The first-order valence-corrected chi connectivity index (χ1v) is 10.2. The molecule has 1 fully saturated rings. The van der Waals surface area contributed by atoms with Gasteiger partial charge in [-0.15, -0.1) is 0 Å². The largest absolute Gasteiger partial charge is 0.384 e. The van der Waals surface area contributed by atoms with Crippen molar-refractivity contribution in [3.8, 4) is 0 Å². The predicted octanol–water partition coefficient (Wildman–Crippen LogP) is 2.36. The molecule has 1 aromatic carbocycles. The Morgan fingerprint density at radius 1 is 1.31 bits per heavy atom. The zero-order valence-corrected chi connectivity index (χ0v) is 16.7. The molecule has 3 heterocycles. The molecule has 0 radical (unpaired) electrons. The van der Waals surface area contributed by atoms with Crippen LogP contribution in [0.25, 0.3) is 0 Å². The van der Waals surface area contributed by atoms with Gasteiger partial charge in [0.2, 0.25) is 11.8 Å². The number of fused-ring (bicyclic) bond motifs is 1. The number of ether oxygens (including phenoxy) is 1. The molecule has 2 amide bonds. The van der Waals surface area contributed by atoms with E-state index in [0.29, 0.717) is 50.8 Å². The summed E-state index contributed by atoms with van der Waals surface area (Å²) in [5.41, 5.74) is 1.76. The Bertz CT molecular complexity index is 881. The molecule has 2 aliphatic rings. The van der Waals surface area contributed by atoms with E-state index in [1.165, 1.54) is 0 Å². The number of rotatable bonds is 7. The fourth-order valence-corrected chi connectivity index (χ4v) is 4.05. The number of aromatic nitrogens is 2. The summed E-state index contributed by atoms with van der Waals surface area (Å²) in [6.07, 6.45) is 3.66. The minimum atomic E-state index is -0.188. The lowest BCUT2D eigenvalue weighted by Crippen LogP contribution is -2.40. The van der Waals surface area contributed by atoms with Crippen LogP contribution in [0, 0.1) is 0 Å². The Labute approximate surface area is 169 Å². The molecule has 8 nitrogen and oxygen atoms in total. The molecule has 0 bridgehead atoms. The van der Waals surface area contributed by atoms with Crippen molar-refractivity contribution < 1.29 is 18.8 Å². The van der Waals surface area contributed by atoms with Crippen molar-refractivity contribution in [1.82, 2.24) is 19.9 Å². The second-order valence-corrected chi connectivity index (χ2v) is 7.52. The average molecular weight is 398 g/mol. The molecule has 1 unspecified atom stereocenters. The van der Waals surface area contributed by atoms with Crippen LogP contribution in [0.1, 0.15) is 59.4 Å². The van der Waals surface area contributed by atoms with Gasteiger partial charge in [0.15, 0.2) is 5.82 Å². The van der Waals surface area contributed by atoms with Gasteiger partial charge in [-0.2, -0.15) is 4.98 Å². The SMILES string of the molecule is COCCc1noc(C2CCCCN2C(=O)CCN2Cc3ccccc3C2=O)n1. The second-order valence-electron chi connectivity index (χ2n) is 7.52. The number of benzene rings is 1. The predicted molar refractivity (Wildman–Crippen MR) is 104 cm³/mol. The van der Waals surface area contributed by atoms with Gasteiger partial charge in [-0.1, -0.05) is 23.4 Å². The highest BCUT2D eigenvalue weighted by molar-refractivity contribution is 5.98. The summed E-state index contributed by atoms with van der Waals surface area (Å²) in [6.45, 7) is 2.18. The molecular formula is C21H26N4O4. The Morgan fingerprint density at radius 2 is 2.17 bits per heavy atom. The molecule has 0 aliphatic carbocycles. The first-order valence-electron chi connectivity index (χ1n) is 10.2. The molecule has 154 valence electrons. The van der Waals surface area contributed by atoms with Crippen molar-refractivity contribution in [3.63, 3.8) is 0 Å². The summed E-state index contributed by atoms with van der Waals surface area (Å²) in [4.78, 5) is 33.5. The quantitative estimate of drug-likeness (QED) is 0.711. The van der Waals surface area contributed by atoms with Crippen LogP contribution in [-0.4, -0.2) is 58.6 Å². The lowest BCUT2D eigenvalue weighted by Gasteiger charge is -2.33. The summed E-state index contributed by atoms with van der Waals surface area (Å²) in [6, 6.07) is 7.43. The van der Waals surface area contributed by atoms with E-state index in [1.807, 2.05) is 29.2 Å². The van der Waals surface area contributed by atoms with Crippen molar-refractivity contribution in [2.45, 2.75) is 44.7 Å². The zero-order chi connectivity index (χ0) is 20.2. The van der Waals surface area contributed by atoms with E-state index in [2.05, 4.69) is 10.1 Å². The highest BCUT2D eigenvalue weighted by atomic mass is 16.5. The number of carbonyl (C=O) groups excluding carboxylic acids is 2. The Kier molecular flexibility index (Phi) is 5.89. The summed E-state index contributed by atoms with van der Waals surface area (Å²) in [5.74, 6) is 1.12. The molecule has 1 saturated heterocycles. The van der Waals surface area contributed by atoms with Gasteiger partial charge in [-0.05, 0) is 30.9 Å². The van der Waals surface area contributed by atoms with Crippen LogP contribution in [0.2, 0.25) is 0 Å². The van der Waals surface area contributed by atoms with Crippen LogP contribution >= 0.6 is 0 Å². The van der Waals surface area contributed by atoms with Crippen LogP contribution in [0.3, 0.4) is 0 Å². The maximum atomic E-state index is 13.0. The highest BCUT2D eigenvalue weighted by Gasteiger charge is 2.33. The van der Waals surface area contributed by atoms with Crippen LogP contribution < -0.4 is 0 Å². The maximum absolute atomic E-state index is 13.0. The van der Waals surface area contributed by atoms with E-state index in [9.17, 15) is 9.59 Å². The normalized spacial score (nSPS) is 18.9. The number of likely N-dealkylation sites (tertiary alicyclic amines) is 1. The van der Waals surface area contributed by atoms with Gasteiger partial charge in [0.1, 0.15) is 6.04 Å². The van der Waals surface area contributed by atoms with E-state index in [0.717, 1.165) is 30.4 Å². The minimum absolute atomic E-state index is 0.00304. The standard InChI is InChI=1S/C21H26N4O4/c1-28-13-10-18-22-20(29-23-18)17-8-4-5-11-25(17)19(26)9-12-24-14-15-6-2-3-7-16(15)21(24)27/h2-3,6-7,17H,4-5,8-14H2,1H3. The van der Waals surface area contributed by atoms with E-state index in [-0.39, 0.29) is 17.9 Å². The second kappa shape index (κ2) is 8.73. The number of hydrogen-bond acceptors (Lipinski definition) is 6. The number of nitrogens with zero attached hydrogens (tertiary/aromatic N) is 4. The molecule has 8 heteroatoms. The van der Waals surface area contributed by atoms with Gasteiger partial charge in [-0.3, -0.25) is 9.59 Å². The smallest absolute Gasteiger partial charge is 0.254 e. The maximum Gasteiger partial charge on any atom is 0.254 e. The third kappa shape index (κ3) is 4.17. The highest BCUT2D eigenvalue weighted by Crippen LogP contribution is 2.31. The Morgan fingerprint density at radius 3 is 3.00 bits per heavy atom. The van der Waals surface area contributed by atoms with E-state index in [4.69, 9.17) is 9.26 Å². The van der Waals surface area contributed by atoms with Crippen LogP contribution in [0.5, 0.6) is 0 Å². The molecule has 29 heavy (non-hydrogen) atoms. The summed E-state index contributed by atoms with van der Waals surface area (Å²) in [7, 11) is 1.63. The lowest BCUT2D eigenvalue weighted by atomic mass is 10.0.